The first-order valence-electron chi connectivity index (χ1n) is 5.38. The second kappa shape index (κ2) is 4.58. The van der Waals surface area contributed by atoms with Crippen LogP contribution < -0.4 is 14.8 Å². The Morgan fingerprint density at radius 2 is 2.06 bits per heavy atom. The monoisotopic (exact) mass is 270 g/mol. The van der Waals surface area contributed by atoms with Gasteiger partial charge in [-0.1, -0.05) is 12.1 Å². The van der Waals surface area contributed by atoms with Crippen LogP contribution in [0.25, 0.3) is 0 Å². The molecule has 0 spiro atoms. The summed E-state index contributed by atoms with van der Waals surface area (Å²) in [5.41, 5.74) is 0.566. The number of benzene rings is 1. The zero-order valence-corrected chi connectivity index (χ0v) is 10.7. The van der Waals surface area contributed by atoms with Gasteiger partial charge < -0.3 is 9.64 Å². The highest BCUT2D eigenvalue weighted by atomic mass is 32.2. The van der Waals surface area contributed by atoms with E-state index in [1.54, 1.807) is 24.3 Å². The molecule has 0 aliphatic carbocycles. The van der Waals surface area contributed by atoms with Crippen LogP contribution in [0.15, 0.2) is 24.3 Å². The predicted molar refractivity (Wildman–Crippen MR) is 66.9 cm³/mol. The normalized spacial score (nSPS) is 20.2. The van der Waals surface area contributed by atoms with Crippen LogP contribution in [0.4, 0.5) is 5.69 Å². The Balaban J connectivity index is 2.33. The number of sulfonamides is 1. The molecule has 0 aromatic heterocycles. The lowest BCUT2D eigenvalue weighted by atomic mass is 10.2. The van der Waals surface area contributed by atoms with E-state index < -0.39 is 15.3 Å². The molecule has 18 heavy (non-hydrogen) atoms. The van der Waals surface area contributed by atoms with Crippen molar-refractivity contribution in [3.8, 4) is 5.75 Å². The smallest absolute Gasteiger partial charge is 0.228 e. The number of amides is 1. The molecular weight excluding hydrogens is 256 g/mol. The first-order valence-corrected chi connectivity index (χ1v) is 6.99. The van der Waals surface area contributed by atoms with Crippen LogP contribution in [0.1, 0.15) is 6.42 Å². The maximum Gasteiger partial charge on any atom is 0.228 e. The molecule has 0 saturated carbocycles. The summed E-state index contributed by atoms with van der Waals surface area (Å²) in [6, 6.07) is 6.96. The first kappa shape index (κ1) is 12.8. The highest BCUT2D eigenvalue weighted by Gasteiger charge is 2.37. The van der Waals surface area contributed by atoms with Crippen molar-refractivity contribution >= 4 is 21.6 Å². The predicted octanol–water partition coefficient (Wildman–Crippen LogP) is 0.0890. The fourth-order valence-electron chi connectivity index (χ4n) is 1.98. The molecule has 1 amide bonds. The van der Waals surface area contributed by atoms with Crippen LogP contribution in [0.2, 0.25) is 0 Å². The molecule has 1 saturated heterocycles. The molecule has 1 aliphatic rings. The average Bonchev–Trinajstić information content (AvgIpc) is 2.71. The number of methoxy groups -OCH3 is 1. The number of carbonyl (C=O) groups is 1. The Kier molecular flexibility index (Phi) is 3.27. The van der Waals surface area contributed by atoms with E-state index in [0.717, 1.165) is 0 Å². The van der Waals surface area contributed by atoms with Gasteiger partial charge >= 0.3 is 0 Å². The van der Waals surface area contributed by atoms with Crippen molar-refractivity contribution in [2.45, 2.75) is 11.7 Å². The molecule has 2 N–H and O–H groups in total. The summed E-state index contributed by atoms with van der Waals surface area (Å²) in [6.07, 6.45) is -0.0864. The second-order valence-electron chi connectivity index (χ2n) is 4.09. The molecule has 1 aromatic rings. The highest BCUT2D eigenvalue weighted by Crippen LogP contribution is 2.32. The van der Waals surface area contributed by atoms with E-state index in [1.165, 1.54) is 12.0 Å². The quantitative estimate of drug-likeness (QED) is 0.842. The lowest BCUT2D eigenvalue weighted by Crippen LogP contribution is -2.32. The molecule has 1 unspecified atom stereocenters. The Labute approximate surface area is 105 Å². The summed E-state index contributed by atoms with van der Waals surface area (Å²) in [7, 11) is -2.20. The molecule has 1 aliphatic heterocycles. The molecule has 6 nitrogen and oxygen atoms in total. The molecule has 1 heterocycles. The second-order valence-corrected chi connectivity index (χ2v) is 5.94. The van der Waals surface area contributed by atoms with Crippen molar-refractivity contribution in [3.05, 3.63) is 24.3 Å². The summed E-state index contributed by atoms with van der Waals surface area (Å²) in [5, 5.41) is 4.22. The minimum absolute atomic E-state index is 0.0675. The van der Waals surface area contributed by atoms with Crippen molar-refractivity contribution in [1.82, 2.24) is 0 Å². The number of ether oxygens (including phenoxy) is 1. The van der Waals surface area contributed by atoms with Crippen LogP contribution in [-0.4, -0.2) is 33.2 Å². The van der Waals surface area contributed by atoms with Crippen molar-refractivity contribution in [2.75, 3.05) is 18.6 Å². The highest BCUT2D eigenvalue weighted by molar-refractivity contribution is 7.89. The van der Waals surface area contributed by atoms with Crippen LogP contribution >= 0.6 is 0 Å². The number of nitrogens with zero attached hydrogens (tertiary/aromatic N) is 1. The van der Waals surface area contributed by atoms with Crippen LogP contribution in [0.3, 0.4) is 0 Å². The minimum Gasteiger partial charge on any atom is -0.495 e. The van der Waals surface area contributed by atoms with E-state index in [0.29, 0.717) is 11.4 Å². The Bertz CT molecular complexity index is 570. The Morgan fingerprint density at radius 1 is 1.39 bits per heavy atom. The van der Waals surface area contributed by atoms with Gasteiger partial charge in [0.25, 0.3) is 0 Å². The topological polar surface area (TPSA) is 89.7 Å². The molecule has 2 rings (SSSR count). The summed E-state index contributed by atoms with van der Waals surface area (Å²) in [6.45, 7) is 0.0675. The van der Waals surface area contributed by atoms with Gasteiger partial charge in [0, 0.05) is 13.0 Å². The minimum atomic E-state index is -3.70. The van der Waals surface area contributed by atoms with E-state index in [-0.39, 0.29) is 18.9 Å². The number of primary sulfonamides is 1. The third-order valence-corrected chi connectivity index (χ3v) is 4.18. The van der Waals surface area contributed by atoms with Crippen LogP contribution in [0, 0.1) is 0 Å². The first-order chi connectivity index (χ1) is 8.43. The van der Waals surface area contributed by atoms with Gasteiger partial charge in [-0.05, 0) is 12.1 Å². The van der Waals surface area contributed by atoms with Crippen molar-refractivity contribution in [2.24, 2.45) is 5.14 Å². The van der Waals surface area contributed by atoms with Crippen molar-refractivity contribution < 1.29 is 17.9 Å². The molecule has 1 atom stereocenters. The van der Waals surface area contributed by atoms with Gasteiger partial charge in [0.2, 0.25) is 15.9 Å². The van der Waals surface area contributed by atoms with Gasteiger partial charge in [0.15, 0.2) is 0 Å². The maximum absolute atomic E-state index is 11.9. The van der Waals surface area contributed by atoms with E-state index >= 15 is 0 Å². The van der Waals surface area contributed by atoms with Crippen LogP contribution in [-0.2, 0) is 14.8 Å². The molecule has 98 valence electrons. The van der Waals surface area contributed by atoms with Gasteiger partial charge in [0.1, 0.15) is 11.0 Å². The lowest BCUT2D eigenvalue weighted by molar-refractivity contribution is -0.117. The third-order valence-electron chi connectivity index (χ3n) is 2.93. The summed E-state index contributed by atoms with van der Waals surface area (Å²) < 4.78 is 27.7. The molecule has 0 radical (unpaired) electrons. The third kappa shape index (κ3) is 2.32. The van der Waals surface area contributed by atoms with Gasteiger partial charge in [0.05, 0.1) is 12.8 Å². The van der Waals surface area contributed by atoms with E-state index in [2.05, 4.69) is 0 Å². The SMILES string of the molecule is COc1ccccc1N1CC(S(N)(=O)=O)CC1=O. The van der Waals surface area contributed by atoms with Crippen molar-refractivity contribution in [3.63, 3.8) is 0 Å². The molecule has 1 aromatic carbocycles. The zero-order valence-electron chi connectivity index (χ0n) is 9.87. The van der Waals surface area contributed by atoms with Gasteiger partial charge in [-0.25, -0.2) is 13.6 Å². The molecule has 1 fully saturated rings. The maximum atomic E-state index is 11.9. The number of nitrogens with two attached hydrogens (primary N) is 1. The van der Waals surface area contributed by atoms with Crippen molar-refractivity contribution in [1.29, 1.82) is 0 Å². The largest absolute Gasteiger partial charge is 0.495 e. The number of carbonyl (C=O) groups excluding carboxylic acids is 1. The summed E-state index contributed by atoms with van der Waals surface area (Å²) in [4.78, 5) is 13.2. The van der Waals surface area contributed by atoms with E-state index in [9.17, 15) is 13.2 Å². The van der Waals surface area contributed by atoms with Gasteiger partial charge in [-0.2, -0.15) is 0 Å². The van der Waals surface area contributed by atoms with E-state index in [1.807, 2.05) is 0 Å². The number of hydrogen-bond donors (Lipinski definition) is 1. The number of anilines is 1. The molecular formula is C11H14N2O4S. The molecule has 7 heteroatoms. The summed E-state index contributed by atoms with van der Waals surface area (Å²) in [5.74, 6) is 0.263. The fourth-order valence-corrected chi connectivity index (χ4v) is 2.71. The molecule has 0 bridgehead atoms. The number of hydrogen-bond acceptors (Lipinski definition) is 4. The fraction of sp³-hybridized carbons (Fsp3) is 0.364. The van der Waals surface area contributed by atoms with E-state index in [4.69, 9.17) is 9.88 Å². The Hall–Kier alpha value is -1.60. The van der Waals surface area contributed by atoms with Gasteiger partial charge in [-0.3, -0.25) is 4.79 Å². The average molecular weight is 270 g/mol. The zero-order chi connectivity index (χ0) is 13.3. The number of para-hydroxylation sites is 2. The Morgan fingerprint density at radius 3 is 2.61 bits per heavy atom. The standard InChI is InChI=1S/C11H14N2O4S/c1-17-10-5-3-2-4-9(10)13-7-8(6-11(13)14)18(12,15)16/h2-5,8H,6-7H2,1H3,(H2,12,15,16). The van der Waals surface area contributed by atoms with Crippen LogP contribution in [0.5, 0.6) is 5.75 Å². The van der Waals surface area contributed by atoms with Gasteiger partial charge in [-0.15, -0.1) is 0 Å². The summed E-state index contributed by atoms with van der Waals surface area (Å²) >= 11 is 0. The number of rotatable bonds is 3. The lowest BCUT2D eigenvalue weighted by Gasteiger charge is -2.19.